The molecule has 2 aromatic carbocycles. The molecule has 2 heteroatoms. The maximum absolute atomic E-state index is 11.5. The first-order valence-electron chi connectivity index (χ1n) is 8.44. The molecule has 2 nitrogen and oxygen atoms in total. The minimum Gasteiger partial charge on any atom is -0.294 e. The molecule has 0 aliphatic carbocycles. The molecule has 0 amide bonds. The molecule has 0 radical (unpaired) electrons. The Morgan fingerprint density at radius 2 is 1.16 bits per heavy atom. The second kappa shape index (κ2) is 10.6. The van der Waals surface area contributed by atoms with Crippen LogP contribution in [0.5, 0.6) is 0 Å². The van der Waals surface area contributed by atoms with Crippen molar-refractivity contribution in [3.05, 3.63) is 70.8 Å². The van der Waals surface area contributed by atoms with Crippen LogP contribution in [-0.2, 0) is 0 Å². The summed E-state index contributed by atoms with van der Waals surface area (Å²) in [5.74, 6) is 0.619. The lowest BCUT2D eigenvalue weighted by molar-refractivity contribution is 0.0932. The lowest BCUT2D eigenvalue weighted by Crippen LogP contribution is -2.07. The molecule has 2 aromatic rings. The van der Waals surface area contributed by atoms with Crippen molar-refractivity contribution < 1.29 is 9.59 Å². The fraction of sp³-hybridized carbons (Fsp3) is 0.391. The average molecular weight is 341 g/mol. The first-order chi connectivity index (χ1) is 11.2. The SMILES string of the molecule is C.Cc1ccc(C(=O)C(C)C)cc1.Cc1cccc(C(=O)C(C)C)c1. The molecule has 0 aromatic heterocycles. The van der Waals surface area contributed by atoms with Crippen LogP contribution < -0.4 is 0 Å². The molecule has 0 unspecified atom stereocenters. The average Bonchev–Trinajstić information content (AvgIpc) is 2.54. The summed E-state index contributed by atoms with van der Waals surface area (Å²) >= 11 is 0. The number of aryl methyl sites for hydroxylation is 2. The number of carbonyl (C=O) groups is 2. The van der Waals surface area contributed by atoms with E-state index in [4.69, 9.17) is 0 Å². The first-order valence-corrected chi connectivity index (χ1v) is 8.44. The zero-order chi connectivity index (χ0) is 18.3. The molecule has 0 aliphatic heterocycles. The molecule has 0 bridgehead atoms. The molecule has 0 saturated carbocycles. The van der Waals surface area contributed by atoms with Gasteiger partial charge in [0, 0.05) is 23.0 Å². The van der Waals surface area contributed by atoms with Crippen molar-refractivity contribution in [2.75, 3.05) is 0 Å². The highest BCUT2D eigenvalue weighted by Gasteiger charge is 2.09. The van der Waals surface area contributed by atoms with Gasteiger partial charge in [-0.2, -0.15) is 0 Å². The predicted molar refractivity (Wildman–Crippen MR) is 107 cm³/mol. The Bertz CT molecular complexity index is 679. The Labute approximate surface area is 153 Å². The maximum Gasteiger partial charge on any atom is 0.165 e. The highest BCUT2D eigenvalue weighted by atomic mass is 16.1. The molecule has 0 fully saturated rings. The standard InChI is InChI=1S/2C11H14O.CH4/c1-8(2)11(12)10-6-4-9(3)5-7-10;1-8(2)11(12)10-6-4-5-9(3)7-10;/h2*4-8H,1-3H3;1H4. The summed E-state index contributed by atoms with van der Waals surface area (Å²) in [6.07, 6.45) is 0. The topological polar surface area (TPSA) is 34.1 Å². The quantitative estimate of drug-likeness (QED) is 0.612. The van der Waals surface area contributed by atoms with Crippen molar-refractivity contribution in [1.82, 2.24) is 0 Å². The molecule has 136 valence electrons. The normalized spacial score (nSPS) is 9.92. The van der Waals surface area contributed by atoms with E-state index in [0.29, 0.717) is 0 Å². The van der Waals surface area contributed by atoms with Gasteiger partial charge in [0.1, 0.15) is 0 Å². The van der Waals surface area contributed by atoms with Gasteiger partial charge in [-0.15, -0.1) is 0 Å². The van der Waals surface area contributed by atoms with Crippen molar-refractivity contribution in [2.24, 2.45) is 11.8 Å². The number of benzene rings is 2. The van der Waals surface area contributed by atoms with Crippen LogP contribution in [0.1, 0.15) is 67.0 Å². The molecule has 0 N–H and O–H groups in total. The van der Waals surface area contributed by atoms with Gasteiger partial charge < -0.3 is 0 Å². The Morgan fingerprint density at radius 3 is 1.60 bits per heavy atom. The number of hydrogen-bond acceptors (Lipinski definition) is 2. The second-order valence-corrected chi connectivity index (χ2v) is 6.77. The highest BCUT2D eigenvalue weighted by Crippen LogP contribution is 2.10. The van der Waals surface area contributed by atoms with Crippen LogP contribution in [0.4, 0.5) is 0 Å². The van der Waals surface area contributed by atoms with E-state index in [1.165, 1.54) is 5.56 Å². The van der Waals surface area contributed by atoms with E-state index in [-0.39, 0.29) is 30.8 Å². The molecule has 0 heterocycles. The third kappa shape index (κ3) is 7.47. The summed E-state index contributed by atoms with van der Waals surface area (Å²) < 4.78 is 0. The van der Waals surface area contributed by atoms with Gasteiger partial charge in [0.05, 0.1) is 0 Å². The monoisotopic (exact) mass is 340 g/mol. The zero-order valence-electron chi connectivity index (χ0n) is 15.6. The Morgan fingerprint density at radius 1 is 0.680 bits per heavy atom. The van der Waals surface area contributed by atoms with Crippen molar-refractivity contribution in [3.63, 3.8) is 0 Å². The number of ketones is 2. The van der Waals surface area contributed by atoms with Crippen molar-refractivity contribution in [3.8, 4) is 0 Å². The van der Waals surface area contributed by atoms with Crippen LogP contribution in [0.15, 0.2) is 48.5 Å². The van der Waals surface area contributed by atoms with Crippen LogP contribution in [0.3, 0.4) is 0 Å². The molecule has 0 aliphatic rings. The molecule has 0 saturated heterocycles. The van der Waals surface area contributed by atoms with Crippen molar-refractivity contribution >= 4 is 11.6 Å². The van der Waals surface area contributed by atoms with Gasteiger partial charge in [-0.1, -0.05) is 88.7 Å². The van der Waals surface area contributed by atoms with Crippen LogP contribution in [-0.4, -0.2) is 11.6 Å². The maximum atomic E-state index is 11.5. The summed E-state index contributed by atoms with van der Waals surface area (Å²) in [4.78, 5) is 23.0. The molecule has 2 rings (SSSR count). The van der Waals surface area contributed by atoms with E-state index < -0.39 is 0 Å². The molecule has 25 heavy (non-hydrogen) atoms. The Hall–Kier alpha value is -2.22. The smallest absolute Gasteiger partial charge is 0.165 e. The minimum absolute atomic E-state index is 0. The largest absolute Gasteiger partial charge is 0.294 e. The fourth-order valence-electron chi connectivity index (χ4n) is 2.18. The second-order valence-electron chi connectivity index (χ2n) is 6.77. The number of carbonyl (C=O) groups excluding carboxylic acids is 2. The van der Waals surface area contributed by atoms with E-state index in [0.717, 1.165) is 16.7 Å². The molecular weight excluding hydrogens is 308 g/mol. The van der Waals surface area contributed by atoms with Crippen molar-refractivity contribution in [1.29, 1.82) is 0 Å². The number of hydrogen-bond donors (Lipinski definition) is 0. The van der Waals surface area contributed by atoms with Crippen LogP contribution in [0.25, 0.3) is 0 Å². The van der Waals surface area contributed by atoms with Gasteiger partial charge in [-0.25, -0.2) is 0 Å². The summed E-state index contributed by atoms with van der Waals surface area (Å²) in [6, 6.07) is 15.4. The van der Waals surface area contributed by atoms with Gasteiger partial charge in [0.2, 0.25) is 0 Å². The zero-order valence-corrected chi connectivity index (χ0v) is 15.6. The van der Waals surface area contributed by atoms with Gasteiger partial charge in [-0.05, 0) is 19.9 Å². The summed E-state index contributed by atoms with van der Waals surface area (Å²) in [6.45, 7) is 11.7. The number of Topliss-reactive ketones (excluding diaryl/α,β-unsaturated/α-hetero) is 2. The summed E-state index contributed by atoms with van der Waals surface area (Å²) in [7, 11) is 0. The molecule has 0 atom stereocenters. The van der Waals surface area contributed by atoms with E-state index in [2.05, 4.69) is 0 Å². The number of rotatable bonds is 4. The minimum atomic E-state index is 0. The highest BCUT2D eigenvalue weighted by molar-refractivity contribution is 5.97. The van der Waals surface area contributed by atoms with Gasteiger partial charge in [-0.3, -0.25) is 9.59 Å². The molecule has 0 spiro atoms. The summed E-state index contributed by atoms with van der Waals surface area (Å²) in [5, 5.41) is 0. The van der Waals surface area contributed by atoms with Crippen LogP contribution in [0.2, 0.25) is 0 Å². The van der Waals surface area contributed by atoms with Crippen LogP contribution in [0, 0.1) is 25.7 Å². The predicted octanol–water partition coefficient (Wildman–Crippen LogP) is 6.30. The van der Waals surface area contributed by atoms with E-state index in [9.17, 15) is 9.59 Å². The van der Waals surface area contributed by atoms with E-state index in [1.807, 2.05) is 90.1 Å². The van der Waals surface area contributed by atoms with Crippen LogP contribution >= 0.6 is 0 Å². The summed E-state index contributed by atoms with van der Waals surface area (Å²) in [5.41, 5.74) is 3.97. The van der Waals surface area contributed by atoms with Crippen molar-refractivity contribution in [2.45, 2.75) is 49.0 Å². The third-order valence-electron chi connectivity index (χ3n) is 3.69. The van der Waals surface area contributed by atoms with E-state index >= 15 is 0 Å². The third-order valence-corrected chi connectivity index (χ3v) is 3.69. The van der Waals surface area contributed by atoms with Gasteiger partial charge in [0.25, 0.3) is 0 Å². The van der Waals surface area contributed by atoms with Gasteiger partial charge >= 0.3 is 0 Å². The lowest BCUT2D eigenvalue weighted by Gasteiger charge is -2.03. The fourth-order valence-corrected chi connectivity index (χ4v) is 2.18. The van der Waals surface area contributed by atoms with Gasteiger partial charge in [0.15, 0.2) is 11.6 Å². The Kier molecular flexibility index (Phi) is 9.66. The molecular formula is C23H32O2. The first kappa shape index (κ1) is 22.8. The lowest BCUT2D eigenvalue weighted by atomic mass is 10.00. The van der Waals surface area contributed by atoms with E-state index in [1.54, 1.807) is 0 Å². The Balaban J connectivity index is 0.000000443.